The number of halogens is 1. The van der Waals surface area contributed by atoms with Gasteiger partial charge in [-0.05, 0) is 41.1 Å². The summed E-state index contributed by atoms with van der Waals surface area (Å²) >= 11 is 3.41. The predicted molar refractivity (Wildman–Crippen MR) is 84.0 cm³/mol. The lowest BCUT2D eigenvalue weighted by Crippen LogP contribution is -2.14. The van der Waals surface area contributed by atoms with E-state index in [1.165, 1.54) is 0 Å². The summed E-state index contributed by atoms with van der Waals surface area (Å²) in [6.07, 6.45) is 0. The van der Waals surface area contributed by atoms with Crippen molar-refractivity contribution in [3.8, 4) is 0 Å². The molecule has 0 radical (unpaired) electrons. The fourth-order valence-corrected chi connectivity index (χ4v) is 2.35. The molecular weight excluding hydrogens is 318 g/mol. The first-order chi connectivity index (χ1) is 9.61. The van der Waals surface area contributed by atoms with Gasteiger partial charge < -0.3 is 10.1 Å². The summed E-state index contributed by atoms with van der Waals surface area (Å²) in [7, 11) is 1.63. The number of carbonyl (C=O) groups excluding carboxylic acids is 1. The highest BCUT2D eigenvalue weighted by Crippen LogP contribution is 2.21. The summed E-state index contributed by atoms with van der Waals surface area (Å²) < 4.78 is 5.92. The second kappa shape index (κ2) is 6.68. The molecule has 0 heterocycles. The summed E-state index contributed by atoms with van der Waals surface area (Å²) in [5.41, 5.74) is 3.39. The smallest absolute Gasteiger partial charge is 0.256 e. The Hall–Kier alpha value is -1.65. The van der Waals surface area contributed by atoms with Gasteiger partial charge in [-0.25, -0.2) is 0 Å². The van der Waals surface area contributed by atoms with Crippen LogP contribution in [0.3, 0.4) is 0 Å². The average molecular weight is 334 g/mol. The van der Waals surface area contributed by atoms with Gasteiger partial charge in [0.25, 0.3) is 5.91 Å². The third-order valence-electron chi connectivity index (χ3n) is 2.93. The number of ether oxygens (including phenoxy) is 1. The zero-order valence-corrected chi connectivity index (χ0v) is 13.0. The molecule has 0 saturated heterocycles. The molecule has 20 heavy (non-hydrogen) atoms. The fraction of sp³-hybridized carbons (Fsp3) is 0.188. The molecule has 0 bridgehead atoms. The van der Waals surface area contributed by atoms with E-state index in [0.717, 1.165) is 21.3 Å². The topological polar surface area (TPSA) is 38.3 Å². The Labute approximate surface area is 127 Å². The largest absolute Gasteiger partial charge is 0.380 e. The number of hydrogen-bond acceptors (Lipinski definition) is 2. The number of benzene rings is 2. The van der Waals surface area contributed by atoms with Gasteiger partial charge in [0, 0.05) is 22.8 Å². The van der Waals surface area contributed by atoms with Crippen LogP contribution in [0, 0.1) is 6.92 Å². The molecule has 0 aromatic heterocycles. The summed E-state index contributed by atoms with van der Waals surface area (Å²) in [6, 6.07) is 13.3. The molecule has 104 valence electrons. The van der Waals surface area contributed by atoms with E-state index in [9.17, 15) is 4.79 Å². The van der Waals surface area contributed by atoms with Gasteiger partial charge in [-0.3, -0.25) is 4.79 Å². The molecule has 2 rings (SSSR count). The standard InChI is InChI=1S/C16H16BrNO2/c1-11-7-8-14(17)13(9-11)16(19)18-15-6-4-3-5-12(15)10-20-2/h3-9H,10H2,1-2H3,(H,18,19). The van der Waals surface area contributed by atoms with Crippen molar-refractivity contribution in [2.75, 3.05) is 12.4 Å². The number of para-hydroxylation sites is 1. The van der Waals surface area contributed by atoms with Crippen molar-refractivity contribution < 1.29 is 9.53 Å². The Morgan fingerprint density at radius 3 is 2.75 bits per heavy atom. The molecule has 0 unspecified atom stereocenters. The van der Waals surface area contributed by atoms with Gasteiger partial charge in [-0.15, -0.1) is 0 Å². The van der Waals surface area contributed by atoms with Gasteiger partial charge in [0.15, 0.2) is 0 Å². The van der Waals surface area contributed by atoms with E-state index in [4.69, 9.17) is 4.74 Å². The molecular formula is C16H16BrNO2. The van der Waals surface area contributed by atoms with Gasteiger partial charge in [-0.2, -0.15) is 0 Å². The third-order valence-corrected chi connectivity index (χ3v) is 3.62. The number of hydrogen-bond donors (Lipinski definition) is 1. The number of aryl methyl sites for hydroxylation is 1. The van der Waals surface area contributed by atoms with Crippen LogP contribution in [0.2, 0.25) is 0 Å². The van der Waals surface area contributed by atoms with Gasteiger partial charge in [0.05, 0.1) is 12.2 Å². The van der Waals surface area contributed by atoms with Crippen LogP contribution in [0.1, 0.15) is 21.5 Å². The molecule has 2 aromatic carbocycles. The summed E-state index contributed by atoms with van der Waals surface area (Å²) in [5, 5.41) is 2.93. The van der Waals surface area contributed by atoms with Crippen LogP contribution in [0.15, 0.2) is 46.9 Å². The highest BCUT2D eigenvalue weighted by Gasteiger charge is 2.12. The number of anilines is 1. The molecule has 1 amide bonds. The molecule has 0 aliphatic carbocycles. The number of amides is 1. The van der Waals surface area contributed by atoms with Crippen molar-refractivity contribution in [2.24, 2.45) is 0 Å². The first-order valence-corrected chi connectivity index (χ1v) is 7.05. The van der Waals surface area contributed by atoms with Crippen molar-refractivity contribution >= 4 is 27.5 Å². The lowest BCUT2D eigenvalue weighted by molar-refractivity contribution is 0.102. The second-order valence-electron chi connectivity index (χ2n) is 4.53. The molecule has 1 N–H and O–H groups in total. The SMILES string of the molecule is COCc1ccccc1NC(=O)c1cc(C)ccc1Br. The van der Waals surface area contributed by atoms with E-state index in [1.807, 2.05) is 49.4 Å². The van der Waals surface area contributed by atoms with Crippen LogP contribution in [0.25, 0.3) is 0 Å². The Bertz CT molecular complexity index is 626. The quantitative estimate of drug-likeness (QED) is 0.912. The van der Waals surface area contributed by atoms with Crippen LogP contribution in [-0.4, -0.2) is 13.0 Å². The maximum Gasteiger partial charge on any atom is 0.256 e. The van der Waals surface area contributed by atoms with E-state index < -0.39 is 0 Å². The minimum absolute atomic E-state index is 0.135. The van der Waals surface area contributed by atoms with Gasteiger partial charge in [-0.1, -0.05) is 29.8 Å². The van der Waals surface area contributed by atoms with Crippen LogP contribution in [0.4, 0.5) is 5.69 Å². The Morgan fingerprint density at radius 2 is 2.00 bits per heavy atom. The highest BCUT2D eigenvalue weighted by molar-refractivity contribution is 9.10. The van der Waals surface area contributed by atoms with E-state index in [2.05, 4.69) is 21.2 Å². The van der Waals surface area contributed by atoms with E-state index in [0.29, 0.717) is 12.2 Å². The number of nitrogens with one attached hydrogen (secondary N) is 1. The first-order valence-electron chi connectivity index (χ1n) is 6.26. The highest BCUT2D eigenvalue weighted by atomic mass is 79.9. The van der Waals surface area contributed by atoms with E-state index in [-0.39, 0.29) is 5.91 Å². The Morgan fingerprint density at radius 1 is 1.25 bits per heavy atom. The number of carbonyl (C=O) groups is 1. The molecule has 0 aliphatic rings. The normalized spacial score (nSPS) is 10.3. The van der Waals surface area contributed by atoms with E-state index in [1.54, 1.807) is 7.11 Å². The Balaban J connectivity index is 2.26. The molecule has 3 nitrogen and oxygen atoms in total. The molecule has 0 atom stereocenters. The van der Waals surface area contributed by atoms with Crippen molar-refractivity contribution in [2.45, 2.75) is 13.5 Å². The molecule has 0 spiro atoms. The molecule has 2 aromatic rings. The van der Waals surface area contributed by atoms with Crippen molar-refractivity contribution in [3.63, 3.8) is 0 Å². The second-order valence-corrected chi connectivity index (χ2v) is 5.38. The van der Waals surface area contributed by atoms with Crippen LogP contribution in [-0.2, 0) is 11.3 Å². The number of rotatable bonds is 4. The van der Waals surface area contributed by atoms with Gasteiger partial charge >= 0.3 is 0 Å². The van der Waals surface area contributed by atoms with Gasteiger partial charge in [0.1, 0.15) is 0 Å². The van der Waals surface area contributed by atoms with Crippen LogP contribution in [0.5, 0.6) is 0 Å². The van der Waals surface area contributed by atoms with Crippen molar-refractivity contribution in [1.29, 1.82) is 0 Å². The average Bonchev–Trinajstić information content (AvgIpc) is 2.44. The monoisotopic (exact) mass is 333 g/mol. The summed E-state index contributed by atoms with van der Waals surface area (Å²) in [4.78, 5) is 12.4. The maximum atomic E-state index is 12.4. The molecule has 0 saturated carbocycles. The third kappa shape index (κ3) is 3.46. The van der Waals surface area contributed by atoms with Crippen molar-refractivity contribution in [3.05, 3.63) is 63.6 Å². The maximum absolute atomic E-state index is 12.4. The first kappa shape index (κ1) is 14.8. The summed E-state index contributed by atoms with van der Waals surface area (Å²) in [5.74, 6) is -0.135. The minimum Gasteiger partial charge on any atom is -0.380 e. The van der Waals surface area contributed by atoms with Crippen LogP contribution >= 0.6 is 15.9 Å². The minimum atomic E-state index is -0.135. The lowest BCUT2D eigenvalue weighted by Gasteiger charge is -2.11. The zero-order chi connectivity index (χ0) is 14.5. The Kier molecular flexibility index (Phi) is 4.93. The molecule has 0 fully saturated rings. The van der Waals surface area contributed by atoms with Gasteiger partial charge in [0.2, 0.25) is 0 Å². The van der Waals surface area contributed by atoms with E-state index >= 15 is 0 Å². The molecule has 4 heteroatoms. The van der Waals surface area contributed by atoms with Crippen LogP contribution < -0.4 is 5.32 Å². The predicted octanol–water partition coefficient (Wildman–Crippen LogP) is 4.16. The summed E-state index contributed by atoms with van der Waals surface area (Å²) in [6.45, 7) is 2.42. The number of methoxy groups -OCH3 is 1. The lowest BCUT2D eigenvalue weighted by atomic mass is 10.1. The zero-order valence-electron chi connectivity index (χ0n) is 11.4. The van der Waals surface area contributed by atoms with Crippen molar-refractivity contribution in [1.82, 2.24) is 0 Å². The fourth-order valence-electron chi connectivity index (χ4n) is 1.93. The molecule has 0 aliphatic heterocycles.